The van der Waals surface area contributed by atoms with Crippen molar-refractivity contribution < 1.29 is 24.3 Å². The van der Waals surface area contributed by atoms with Gasteiger partial charge in [0.2, 0.25) is 11.8 Å². The third kappa shape index (κ3) is 3.08. The first kappa shape index (κ1) is 13.5. The molecule has 1 aliphatic heterocycles. The van der Waals surface area contributed by atoms with Crippen LogP contribution in [0, 0.1) is 0 Å². The van der Waals surface area contributed by atoms with Crippen molar-refractivity contribution in [3.05, 3.63) is 35.9 Å². The number of hydrogen-bond acceptors (Lipinski definition) is 4. The molecule has 1 aliphatic rings. The van der Waals surface area contributed by atoms with Gasteiger partial charge in [-0.25, -0.2) is 4.79 Å². The van der Waals surface area contributed by atoms with Crippen molar-refractivity contribution >= 4 is 34.9 Å². The second kappa shape index (κ2) is 5.35. The molecule has 3 N–H and O–H groups in total. The quantitative estimate of drug-likeness (QED) is 0.428. The molecule has 0 bridgehead atoms. The van der Waals surface area contributed by atoms with Gasteiger partial charge in [0, 0.05) is 11.6 Å². The molecule has 0 aromatic heterocycles. The Morgan fingerprint density at radius 3 is 2.35 bits per heavy atom. The Bertz CT molecular complexity index is 648. The van der Waals surface area contributed by atoms with Gasteiger partial charge in [-0.2, -0.15) is 0 Å². The van der Waals surface area contributed by atoms with Gasteiger partial charge in [0.1, 0.15) is 6.42 Å². The molecule has 1 aromatic rings. The molecule has 1 heterocycles. The summed E-state index contributed by atoms with van der Waals surface area (Å²) in [7, 11) is 0. The second-order valence-corrected chi connectivity index (χ2v) is 4.07. The Kier molecular flexibility index (Phi) is 3.60. The highest BCUT2D eigenvalue weighted by molar-refractivity contribution is 6.14. The van der Waals surface area contributed by atoms with Crippen LogP contribution in [0.4, 0.5) is 11.4 Å². The van der Waals surface area contributed by atoms with E-state index in [1.807, 2.05) is 0 Å². The van der Waals surface area contributed by atoms with Gasteiger partial charge in [-0.05, 0) is 24.3 Å². The highest BCUT2D eigenvalue weighted by Crippen LogP contribution is 2.26. The van der Waals surface area contributed by atoms with Crippen molar-refractivity contribution in [1.82, 2.24) is 0 Å². The molecule has 2 rings (SSSR count). The van der Waals surface area contributed by atoms with Crippen LogP contribution in [0.25, 0.3) is 0 Å². The molecule has 0 radical (unpaired) electrons. The number of hydrogen-bond donors (Lipinski definition) is 3. The standard InChI is InChI=1S/C13H10N2O5/c16-10(3-4-13(19)20)7-1-2-8-9(5-7)15-12(18)6-11(17)14-8/h1-5H,6H2,(H,14,17)(H,15,18)(H,19,20). The van der Waals surface area contributed by atoms with Gasteiger partial charge in [-0.15, -0.1) is 0 Å². The summed E-state index contributed by atoms with van der Waals surface area (Å²) in [5.41, 5.74) is 0.896. The number of carbonyl (C=O) groups excluding carboxylic acids is 3. The number of rotatable bonds is 3. The van der Waals surface area contributed by atoms with Crippen LogP contribution >= 0.6 is 0 Å². The average molecular weight is 274 g/mol. The second-order valence-electron chi connectivity index (χ2n) is 4.07. The van der Waals surface area contributed by atoms with Crippen molar-refractivity contribution in [3.63, 3.8) is 0 Å². The van der Waals surface area contributed by atoms with Crippen LogP contribution in [-0.2, 0) is 14.4 Å². The Balaban J connectivity index is 2.32. The summed E-state index contributed by atoms with van der Waals surface area (Å²) in [5.74, 6) is -2.66. The highest BCUT2D eigenvalue weighted by atomic mass is 16.4. The van der Waals surface area contributed by atoms with Crippen LogP contribution in [0.3, 0.4) is 0 Å². The van der Waals surface area contributed by atoms with Gasteiger partial charge in [0.25, 0.3) is 0 Å². The predicted octanol–water partition coefficient (Wildman–Crippen LogP) is 0.791. The van der Waals surface area contributed by atoms with Crippen molar-refractivity contribution in [3.8, 4) is 0 Å². The van der Waals surface area contributed by atoms with Crippen LogP contribution in [0.2, 0.25) is 0 Å². The lowest BCUT2D eigenvalue weighted by Crippen LogP contribution is -2.16. The lowest BCUT2D eigenvalue weighted by molar-refractivity contribution is -0.131. The molecule has 0 saturated heterocycles. The van der Waals surface area contributed by atoms with Crippen molar-refractivity contribution in [1.29, 1.82) is 0 Å². The largest absolute Gasteiger partial charge is 0.478 e. The molecule has 0 saturated carbocycles. The van der Waals surface area contributed by atoms with E-state index in [9.17, 15) is 19.2 Å². The van der Waals surface area contributed by atoms with Gasteiger partial charge in [-0.3, -0.25) is 14.4 Å². The summed E-state index contributed by atoms with van der Waals surface area (Å²) in [5, 5.41) is 13.5. The SMILES string of the molecule is O=C(O)C=CC(=O)c1ccc2c(c1)NC(=O)CC(=O)N2. The summed E-state index contributed by atoms with van der Waals surface area (Å²) in [6.07, 6.45) is 1.35. The van der Waals surface area contributed by atoms with Crippen molar-refractivity contribution in [2.45, 2.75) is 6.42 Å². The first-order chi connectivity index (χ1) is 9.45. The number of anilines is 2. The molecule has 0 spiro atoms. The zero-order valence-electron chi connectivity index (χ0n) is 10.2. The average Bonchev–Trinajstić information content (AvgIpc) is 2.51. The summed E-state index contributed by atoms with van der Waals surface area (Å²) < 4.78 is 0. The Morgan fingerprint density at radius 1 is 1.05 bits per heavy atom. The maximum atomic E-state index is 11.7. The van der Waals surface area contributed by atoms with Crippen molar-refractivity contribution in [2.75, 3.05) is 10.6 Å². The molecular formula is C13H10N2O5. The predicted molar refractivity (Wildman–Crippen MR) is 69.4 cm³/mol. The third-order valence-electron chi connectivity index (χ3n) is 2.55. The number of fused-ring (bicyclic) bond motifs is 1. The lowest BCUT2D eigenvalue weighted by atomic mass is 10.1. The Morgan fingerprint density at radius 2 is 1.70 bits per heavy atom. The fourth-order valence-electron chi connectivity index (χ4n) is 1.69. The van der Waals surface area contributed by atoms with E-state index in [-0.39, 0.29) is 12.0 Å². The summed E-state index contributed by atoms with van der Waals surface area (Å²) >= 11 is 0. The Labute approximate surface area is 113 Å². The number of carboxylic acid groups (broad SMARTS) is 1. The normalized spacial score (nSPS) is 14.2. The molecule has 2 amide bonds. The molecule has 0 unspecified atom stereocenters. The number of benzene rings is 1. The number of carbonyl (C=O) groups is 4. The van der Waals surface area contributed by atoms with E-state index in [4.69, 9.17) is 5.11 Å². The first-order valence-electron chi connectivity index (χ1n) is 5.65. The molecule has 20 heavy (non-hydrogen) atoms. The minimum atomic E-state index is -1.23. The van der Waals surface area contributed by atoms with Crippen LogP contribution in [-0.4, -0.2) is 28.7 Å². The van der Waals surface area contributed by atoms with Crippen LogP contribution in [0.1, 0.15) is 16.8 Å². The molecule has 0 atom stereocenters. The maximum absolute atomic E-state index is 11.7. The minimum absolute atomic E-state index is 0.206. The van der Waals surface area contributed by atoms with Crippen LogP contribution in [0.15, 0.2) is 30.4 Å². The van der Waals surface area contributed by atoms with Gasteiger partial charge in [-0.1, -0.05) is 0 Å². The molecule has 0 aliphatic carbocycles. The molecule has 7 nitrogen and oxygen atoms in total. The van der Waals surface area contributed by atoms with E-state index < -0.39 is 23.6 Å². The summed E-state index contributed by atoms with van der Waals surface area (Å²) in [6, 6.07) is 4.29. The number of amides is 2. The van der Waals surface area contributed by atoms with E-state index in [0.717, 1.165) is 12.2 Å². The van der Waals surface area contributed by atoms with Crippen LogP contribution in [0.5, 0.6) is 0 Å². The van der Waals surface area contributed by atoms with E-state index in [0.29, 0.717) is 11.4 Å². The lowest BCUT2D eigenvalue weighted by Gasteiger charge is -2.07. The van der Waals surface area contributed by atoms with E-state index >= 15 is 0 Å². The van der Waals surface area contributed by atoms with Gasteiger partial charge in [0.15, 0.2) is 5.78 Å². The fourth-order valence-corrected chi connectivity index (χ4v) is 1.69. The number of nitrogens with one attached hydrogen (secondary N) is 2. The minimum Gasteiger partial charge on any atom is -0.478 e. The monoisotopic (exact) mass is 274 g/mol. The zero-order valence-corrected chi connectivity index (χ0v) is 10.2. The van der Waals surface area contributed by atoms with Gasteiger partial charge < -0.3 is 15.7 Å². The van der Waals surface area contributed by atoms with Gasteiger partial charge in [0.05, 0.1) is 11.4 Å². The van der Waals surface area contributed by atoms with E-state index in [2.05, 4.69) is 10.6 Å². The number of carboxylic acids is 1. The molecule has 7 heteroatoms. The van der Waals surface area contributed by atoms with Gasteiger partial charge >= 0.3 is 5.97 Å². The number of ketones is 1. The number of allylic oxidation sites excluding steroid dienone is 1. The summed E-state index contributed by atoms with van der Waals surface area (Å²) in [6.45, 7) is 0. The summed E-state index contributed by atoms with van der Waals surface area (Å²) in [4.78, 5) is 44.8. The van der Waals surface area contributed by atoms with Crippen molar-refractivity contribution in [2.24, 2.45) is 0 Å². The third-order valence-corrected chi connectivity index (χ3v) is 2.55. The number of aliphatic carboxylic acids is 1. The molecular weight excluding hydrogens is 264 g/mol. The maximum Gasteiger partial charge on any atom is 0.328 e. The zero-order chi connectivity index (χ0) is 14.7. The van der Waals surface area contributed by atoms with Crippen LogP contribution < -0.4 is 10.6 Å². The topological polar surface area (TPSA) is 113 Å². The fraction of sp³-hybridized carbons (Fsp3) is 0.0769. The Hall–Kier alpha value is -2.96. The van der Waals surface area contributed by atoms with E-state index in [1.54, 1.807) is 0 Å². The molecule has 102 valence electrons. The van der Waals surface area contributed by atoms with E-state index in [1.165, 1.54) is 18.2 Å². The smallest absolute Gasteiger partial charge is 0.328 e. The molecule has 1 aromatic carbocycles. The highest BCUT2D eigenvalue weighted by Gasteiger charge is 2.19. The molecule has 0 fully saturated rings. The first-order valence-corrected chi connectivity index (χ1v) is 5.65.